The first-order valence-electron chi connectivity index (χ1n) is 8.33. The SMILES string of the molecule is CCCNC1CCC(N2CCCC2C(=O)N(C)C)CC1. The molecule has 1 saturated carbocycles. The van der Waals surface area contributed by atoms with E-state index in [0.29, 0.717) is 18.0 Å². The van der Waals surface area contributed by atoms with Gasteiger partial charge in [-0.15, -0.1) is 0 Å². The van der Waals surface area contributed by atoms with Crippen LogP contribution in [0.2, 0.25) is 0 Å². The minimum absolute atomic E-state index is 0.148. The molecule has 0 bridgehead atoms. The van der Waals surface area contributed by atoms with Crippen LogP contribution in [0.25, 0.3) is 0 Å². The summed E-state index contributed by atoms with van der Waals surface area (Å²) >= 11 is 0. The number of likely N-dealkylation sites (N-methyl/N-ethyl adjacent to an activating group) is 1. The molecule has 0 aromatic carbocycles. The highest BCUT2D eigenvalue weighted by atomic mass is 16.2. The van der Waals surface area contributed by atoms with Crippen molar-refractivity contribution in [2.45, 2.75) is 70.0 Å². The molecule has 1 aliphatic heterocycles. The molecular formula is C16H31N3O. The molecule has 1 aliphatic carbocycles. The molecule has 1 saturated heterocycles. The summed E-state index contributed by atoms with van der Waals surface area (Å²) in [6, 6.07) is 1.48. The van der Waals surface area contributed by atoms with Gasteiger partial charge in [0.1, 0.15) is 0 Å². The molecule has 2 aliphatic rings. The summed E-state index contributed by atoms with van der Waals surface area (Å²) in [4.78, 5) is 16.5. The maximum Gasteiger partial charge on any atom is 0.239 e. The maximum atomic E-state index is 12.3. The molecule has 4 heteroatoms. The van der Waals surface area contributed by atoms with E-state index in [1.54, 1.807) is 4.90 Å². The van der Waals surface area contributed by atoms with Crippen LogP contribution in [0.1, 0.15) is 51.9 Å². The lowest BCUT2D eigenvalue weighted by Crippen LogP contribution is -2.49. The molecule has 1 N–H and O–H groups in total. The van der Waals surface area contributed by atoms with E-state index in [2.05, 4.69) is 17.1 Å². The average Bonchev–Trinajstić information content (AvgIpc) is 2.94. The van der Waals surface area contributed by atoms with Gasteiger partial charge in [-0.1, -0.05) is 6.92 Å². The number of nitrogens with zero attached hydrogens (tertiary/aromatic N) is 2. The van der Waals surface area contributed by atoms with Gasteiger partial charge in [0, 0.05) is 26.2 Å². The fraction of sp³-hybridized carbons (Fsp3) is 0.938. The van der Waals surface area contributed by atoms with Gasteiger partial charge in [-0.3, -0.25) is 9.69 Å². The lowest BCUT2D eigenvalue weighted by Gasteiger charge is -2.38. The fourth-order valence-electron chi connectivity index (χ4n) is 3.75. The van der Waals surface area contributed by atoms with Crippen molar-refractivity contribution < 1.29 is 4.79 Å². The number of likely N-dealkylation sites (tertiary alicyclic amines) is 1. The van der Waals surface area contributed by atoms with Gasteiger partial charge in [0.25, 0.3) is 0 Å². The van der Waals surface area contributed by atoms with Crippen molar-refractivity contribution in [2.24, 2.45) is 0 Å². The highest BCUT2D eigenvalue weighted by Gasteiger charge is 2.37. The van der Waals surface area contributed by atoms with Crippen molar-refractivity contribution in [2.75, 3.05) is 27.2 Å². The molecule has 1 unspecified atom stereocenters. The Morgan fingerprint density at radius 2 is 1.90 bits per heavy atom. The van der Waals surface area contributed by atoms with Crippen LogP contribution in [-0.2, 0) is 4.79 Å². The summed E-state index contributed by atoms with van der Waals surface area (Å²) in [5.41, 5.74) is 0. The predicted octanol–water partition coefficient (Wildman–Crippen LogP) is 1.85. The van der Waals surface area contributed by atoms with E-state index in [9.17, 15) is 4.79 Å². The maximum absolute atomic E-state index is 12.3. The van der Waals surface area contributed by atoms with Crippen molar-refractivity contribution >= 4 is 5.91 Å². The summed E-state index contributed by atoms with van der Waals surface area (Å²) in [5.74, 6) is 0.300. The Morgan fingerprint density at radius 3 is 2.50 bits per heavy atom. The molecule has 1 amide bonds. The topological polar surface area (TPSA) is 35.6 Å². The van der Waals surface area contributed by atoms with E-state index in [1.807, 2.05) is 14.1 Å². The van der Waals surface area contributed by atoms with Crippen LogP contribution in [0.4, 0.5) is 0 Å². The zero-order valence-electron chi connectivity index (χ0n) is 13.4. The Bertz CT molecular complexity index is 311. The first-order chi connectivity index (χ1) is 9.63. The molecule has 20 heavy (non-hydrogen) atoms. The monoisotopic (exact) mass is 281 g/mol. The lowest BCUT2D eigenvalue weighted by molar-refractivity contribution is -0.134. The number of carbonyl (C=O) groups is 1. The summed E-state index contributed by atoms with van der Waals surface area (Å²) in [7, 11) is 3.76. The Kier molecular flexibility index (Phi) is 5.85. The van der Waals surface area contributed by atoms with Crippen molar-refractivity contribution in [3.05, 3.63) is 0 Å². The molecule has 0 radical (unpaired) electrons. The van der Waals surface area contributed by atoms with Crippen LogP contribution in [0.3, 0.4) is 0 Å². The largest absolute Gasteiger partial charge is 0.347 e. The number of hydrogen-bond donors (Lipinski definition) is 1. The van der Waals surface area contributed by atoms with Gasteiger partial charge in [0.2, 0.25) is 5.91 Å². The predicted molar refractivity (Wildman–Crippen MR) is 82.8 cm³/mol. The first-order valence-corrected chi connectivity index (χ1v) is 8.33. The highest BCUT2D eigenvalue weighted by Crippen LogP contribution is 2.30. The zero-order chi connectivity index (χ0) is 14.5. The Hall–Kier alpha value is -0.610. The minimum atomic E-state index is 0.148. The van der Waals surface area contributed by atoms with Crippen LogP contribution in [-0.4, -0.2) is 61.0 Å². The molecule has 4 nitrogen and oxygen atoms in total. The third kappa shape index (κ3) is 3.73. The van der Waals surface area contributed by atoms with Crippen LogP contribution >= 0.6 is 0 Å². The molecule has 2 rings (SSSR count). The van der Waals surface area contributed by atoms with E-state index in [-0.39, 0.29) is 6.04 Å². The average molecular weight is 281 g/mol. The third-order valence-electron chi connectivity index (χ3n) is 4.87. The second-order valence-corrected chi connectivity index (χ2v) is 6.59. The first kappa shape index (κ1) is 15.8. The zero-order valence-corrected chi connectivity index (χ0v) is 13.4. The van der Waals surface area contributed by atoms with Gasteiger partial charge in [0.05, 0.1) is 6.04 Å². The number of carbonyl (C=O) groups excluding carboxylic acids is 1. The molecule has 116 valence electrons. The smallest absolute Gasteiger partial charge is 0.239 e. The van der Waals surface area contributed by atoms with Crippen molar-refractivity contribution in [3.8, 4) is 0 Å². The quantitative estimate of drug-likeness (QED) is 0.835. The molecule has 0 aromatic rings. The molecular weight excluding hydrogens is 250 g/mol. The molecule has 0 aromatic heterocycles. The van der Waals surface area contributed by atoms with E-state index in [1.165, 1.54) is 38.5 Å². The highest BCUT2D eigenvalue weighted by molar-refractivity contribution is 5.81. The number of amides is 1. The van der Waals surface area contributed by atoms with Gasteiger partial charge in [-0.05, 0) is 58.0 Å². The number of nitrogens with one attached hydrogen (secondary N) is 1. The van der Waals surface area contributed by atoms with Crippen LogP contribution in [0.15, 0.2) is 0 Å². The van der Waals surface area contributed by atoms with Gasteiger partial charge >= 0.3 is 0 Å². The molecule has 1 atom stereocenters. The Morgan fingerprint density at radius 1 is 1.20 bits per heavy atom. The van der Waals surface area contributed by atoms with Crippen molar-refractivity contribution in [1.29, 1.82) is 0 Å². The number of rotatable bonds is 5. The fourth-order valence-corrected chi connectivity index (χ4v) is 3.75. The summed E-state index contributed by atoms with van der Waals surface area (Å²) < 4.78 is 0. The summed E-state index contributed by atoms with van der Waals surface area (Å²) in [6.07, 6.45) is 8.47. The van der Waals surface area contributed by atoms with E-state index in [4.69, 9.17) is 0 Å². The Labute approximate surface area is 123 Å². The van der Waals surface area contributed by atoms with Gasteiger partial charge in [-0.2, -0.15) is 0 Å². The van der Waals surface area contributed by atoms with Crippen molar-refractivity contribution in [3.63, 3.8) is 0 Å². The second-order valence-electron chi connectivity index (χ2n) is 6.59. The van der Waals surface area contributed by atoms with E-state index >= 15 is 0 Å². The summed E-state index contributed by atoms with van der Waals surface area (Å²) in [5, 5.41) is 3.64. The lowest BCUT2D eigenvalue weighted by atomic mass is 9.89. The van der Waals surface area contributed by atoms with E-state index < -0.39 is 0 Å². The Balaban J connectivity index is 1.84. The van der Waals surface area contributed by atoms with Crippen LogP contribution < -0.4 is 5.32 Å². The van der Waals surface area contributed by atoms with Gasteiger partial charge in [0.15, 0.2) is 0 Å². The van der Waals surface area contributed by atoms with Crippen LogP contribution in [0.5, 0.6) is 0 Å². The third-order valence-corrected chi connectivity index (χ3v) is 4.87. The number of hydrogen-bond acceptors (Lipinski definition) is 3. The molecule has 2 fully saturated rings. The minimum Gasteiger partial charge on any atom is -0.347 e. The van der Waals surface area contributed by atoms with Crippen LogP contribution in [0, 0.1) is 0 Å². The normalized spacial score (nSPS) is 31.4. The standard InChI is InChI=1S/C16H31N3O/c1-4-11-17-13-7-9-14(10-8-13)19-12-5-6-15(19)16(20)18(2)3/h13-15,17H,4-12H2,1-3H3. The van der Waals surface area contributed by atoms with Gasteiger partial charge < -0.3 is 10.2 Å². The molecule has 0 spiro atoms. The van der Waals surface area contributed by atoms with Crippen molar-refractivity contribution in [1.82, 2.24) is 15.1 Å². The summed E-state index contributed by atoms with van der Waals surface area (Å²) in [6.45, 7) is 4.48. The molecule has 1 heterocycles. The second kappa shape index (κ2) is 7.41. The van der Waals surface area contributed by atoms with E-state index in [0.717, 1.165) is 19.5 Å². The van der Waals surface area contributed by atoms with Gasteiger partial charge in [-0.25, -0.2) is 0 Å².